The molecular formula is C17H15ClN2O2. The van der Waals surface area contributed by atoms with Gasteiger partial charge in [0.05, 0.1) is 0 Å². The maximum atomic E-state index is 5.96. The van der Waals surface area contributed by atoms with Crippen LogP contribution in [-0.2, 0) is 6.61 Å². The minimum absolute atomic E-state index is 0.233. The Morgan fingerprint density at radius 3 is 2.59 bits per heavy atom. The standard InChI is InChI=1S/C17H15ClN2O2/c1-11-6-12(2)8-15(7-11)21-10-16-19-17(20-22-16)13-4-3-5-14(18)9-13/h3-9H,10H2,1-2H3. The van der Waals surface area contributed by atoms with Gasteiger partial charge in [0.25, 0.3) is 5.89 Å². The first-order valence-corrected chi connectivity index (χ1v) is 7.27. The van der Waals surface area contributed by atoms with E-state index in [0.29, 0.717) is 16.7 Å². The van der Waals surface area contributed by atoms with E-state index in [9.17, 15) is 0 Å². The molecule has 0 aliphatic heterocycles. The molecular weight excluding hydrogens is 300 g/mol. The Labute approximate surface area is 133 Å². The molecule has 0 bridgehead atoms. The minimum atomic E-state index is 0.233. The fourth-order valence-electron chi connectivity index (χ4n) is 2.22. The van der Waals surface area contributed by atoms with Crippen LogP contribution in [0, 0.1) is 13.8 Å². The van der Waals surface area contributed by atoms with E-state index in [-0.39, 0.29) is 6.61 Å². The molecule has 5 heteroatoms. The molecule has 3 aromatic rings. The van der Waals surface area contributed by atoms with Crippen LogP contribution in [0.1, 0.15) is 17.0 Å². The first kappa shape index (κ1) is 14.6. The maximum absolute atomic E-state index is 5.96. The Morgan fingerprint density at radius 2 is 1.86 bits per heavy atom. The monoisotopic (exact) mass is 314 g/mol. The van der Waals surface area contributed by atoms with Gasteiger partial charge in [0.2, 0.25) is 5.82 Å². The molecule has 0 fully saturated rings. The van der Waals surface area contributed by atoms with Crippen LogP contribution in [0.3, 0.4) is 0 Å². The van der Waals surface area contributed by atoms with E-state index in [2.05, 4.69) is 16.2 Å². The highest BCUT2D eigenvalue weighted by Crippen LogP contribution is 2.21. The summed E-state index contributed by atoms with van der Waals surface area (Å²) in [6.07, 6.45) is 0. The van der Waals surface area contributed by atoms with Crippen LogP contribution in [0.25, 0.3) is 11.4 Å². The Balaban J connectivity index is 1.72. The molecule has 1 heterocycles. The molecule has 112 valence electrons. The van der Waals surface area contributed by atoms with Crippen molar-refractivity contribution in [1.82, 2.24) is 10.1 Å². The van der Waals surface area contributed by atoms with Crippen molar-refractivity contribution in [2.75, 3.05) is 0 Å². The smallest absolute Gasteiger partial charge is 0.264 e. The summed E-state index contributed by atoms with van der Waals surface area (Å²) in [7, 11) is 0. The third-order valence-corrected chi connectivity index (χ3v) is 3.34. The topological polar surface area (TPSA) is 48.2 Å². The van der Waals surface area contributed by atoms with Crippen molar-refractivity contribution in [3.05, 3.63) is 64.5 Å². The number of halogens is 1. The quantitative estimate of drug-likeness (QED) is 0.707. The number of ether oxygens (including phenoxy) is 1. The lowest BCUT2D eigenvalue weighted by atomic mass is 10.1. The molecule has 4 nitrogen and oxygen atoms in total. The number of aromatic nitrogens is 2. The fraction of sp³-hybridized carbons (Fsp3) is 0.176. The van der Waals surface area contributed by atoms with Crippen LogP contribution in [0.15, 0.2) is 47.0 Å². The van der Waals surface area contributed by atoms with Crippen molar-refractivity contribution in [3.63, 3.8) is 0 Å². The van der Waals surface area contributed by atoms with E-state index in [1.54, 1.807) is 12.1 Å². The number of rotatable bonds is 4. The predicted octanol–water partition coefficient (Wildman–Crippen LogP) is 4.59. The van der Waals surface area contributed by atoms with E-state index < -0.39 is 0 Å². The van der Waals surface area contributed by atoms with Gasteiger partial charge in [-0.3, -0.25) is 0 Å². The van der Waals surface area contributed by atoms with E-state index in [0.717, 1.165) is 22.4 Å². The summed E-state index contributed by atoms with van der Waals surface area (Å²) in [6.45, 7) is 4.30. The summed E-state index contributed by atoms with van der Waals surface area (Å²) in [5.74, 6) is 1.72. The number of benzene rings is 2. The van der Waals surface area contributed by atoms with Crippen molar-refractivity contribution >= 4 is 11.6 Å². The van der Waals surface area contributed by atoms with Crippen LogP contribution in [0.2, 0.25) is 5.02 Å². The largest absolute Gasteiger partial charge is 0.484 e. The average Bonchev–Trinajstić information content (AvgIpc) is 2.93. The Bertz CT molecular complexity index is 779. The summed E-state index contributed by atoms with van der Waals surface area (Å²) in [5.41, 5.74) is 3.12. The minimum Gasteiger partial charge on any atom is -0.484 e. The van der Waals surface area contributed by atoms with Gasteiger partial charge in [-0.1, -0.05) is 35.0 Å². The Hall–Kier alpha value is -2.33. The highest BCUT2D eigenvalue weighted by molar-refractivity contribution is 6.30. The molecule has 0 atom stereocenters. The molecule has 0 unspecified atom stereocenters. The Kier molecular flexibility index (Phi) is 4.11. The molecule has 0 N–H and O–H groups in total. The summed E-state index contributed by atoms with van der Waals surface area (Å²) < 4.78 is 10.9. The summed E-state index contributed by atoms with van der Waals surface area (Å²) in [6, 6.07) is 13.4. The molecule has 0 spiro atoms. The highest BCUT2D eigenvalue weighted by atomic mass is 35.5. The third kappa shape index (κ3) is 3.46. The lowest BCUT2D eigenvalue weighted by Crippen LogP contribution is -1.96. The second-order valence-corrected chi connectivity index (χ2v) is 5.57. The molecule has 0 saturated carbocycles. The van der Waals surface area contributed by atoms with Crippen molar-refractivity contribution in [2.24, 2.45) is 0 Å². The zero-order valence-electron chi connectivity index (χ0n) is 12.3. The molecule has 0 radical (unpaired) electrons. The lowest BCUT2D eigenvalue weighted by molar-refractivity contribution is 0.242. The van der Waals surface area contributed by atoms with E-state index in [1.165, 1.54) is 0 Å². The normalized spacial score (nSPS) is 10.7. The van der Waals surface area contributed by atoms with Crippen molar-refractivity contribution in [3.8, 4) is 17.1 Å². The third-order valence-electron chi connectivity index (χ3n) is 3.11. The highest BCUT2D eigenvalue weighted by Gasteiger charge is 2.09. The molecule has 1 aromatic heterocycles. The first-order chi connectivity index (χ1) is 10.6. The van der Waals surface area contributed by atoms with Gasteiger partial charge in [-0.25, -0.2) is 0 Å². The van der Waals surface area contributed by atoms with Gasteiger partial charge in [-0.2, -0.15) is 4.98 Å². The van der Waals surface area contributed by atoms with Crippen LogP contribution < -0.4 is 4.74 Å². The van der Waals surface area contributed by atoms with Crippen molar-refractivity contribution in [1.29, 1.82) is 0 Å². The second kappa shape index (κ2) is 6.20. The number of nitrogens with zero attached hydrogens (tertiary/aromatic N) is 2. The number of hydrogen-bond donors (Lipinski definition) is 0. The van der Waals surface area contributed by atoms with Gasteiger partial charge in [-0.15, -0.1) is 0 Å². The van der Waals surface area contributed by atoms with Gasteiger partial charge in [-0.05, 0) is 49.2 Å². The average molecular weight is 315 g/mol. The zero-order chi connectivity index (χ0) is 15.5. The second-order valence-electron chi connectivity index (χ2n) is 5.13. The SMILES string of the molecule is Cc1cc(C)cc(OCc2nc(-c3cccc(Cl)c3)no2)c1. The van der Waals surface area contributed by atoms with Crippen LogP contribution in [0.5, 0.6) is 5.75 Å². The predicted molar refractivity (Wildman–Crippen MR) is 85.0 cm³/mol. The molecule has 2 aromatic carbocycles. The molecule has 0 amide bonds. The summed E-state index contributed by atoms with van der Waals surface area (Å²) >= 11 is 5.96. The van der Waals surface area contributed by atoms with Gasteiger partial charge in [0.1, 0.15) is 5.75 Å². The molecule has 0 saturated heterocycles. The lowest BCUT2D eigenvalue weighted by Gasteiger charge is -2.05. The van der Waals surface area contributed by atoms with Crippen LogP contribution in [0.4, 0.5) is 0 Å². The van der Waals surface area contributed by atoms with Crippen LogP contribution >= 0.6 is 11.6 Å². The Morgan fingerprint density at radius 1 is 1.09 bits per heavy atom. The van der Waals surface area contributed by atoms with Crippen molar-refractivity contribution < 1.29 is 9.26 Å². The van der Waals surface area contributed by atoms with Gasteiger partial charge in [0.15, 0.2) is 6.61 Å². The summed E-state index contributed by atoms with van der Waals surface area (Å²) in [4.78, 5) is 4.32. The van der Waals surface area contributed by atoms with E-state index in [1.807, 2.05) is 38.1 Å². The fourth-order valence-corrected chi connectivity index (χ4v) is 2.41. The zero-order valence-corrected chi connectivity index (χ0v) is 13.1. The van der Waals surface area contributed by atoms with Gasteiger partial charge in [0, 0.05) is 10.6 Å². The van der Waals surface area contributed by atoms with E-state index in [4.69, 9.17) is 20.9 Å². The summed E-state index contributed by atoms with van der Waals surface area (Å²) in [5, 5.41) is 4.58. The molecule has 0 aliphatic rings. The number of aryl methyl sites for hydroxylation is 2. The van der Waals surface area contributed by atoms with E-state index >= 15 is 0 Å². The number of hydrogen-bond acceptors (Lipinski definition) is 4. The molecule has 0 aliphatic carbocycles. The first-order valence-electron chi connectivity index (χ1n) is 6.90. The van der Waals surface area contributed by atoms with Gasteiger partial charge < -0.3 is 9.26 Å². The molecule has 3 rings (SSSR count). The molecule has 22 heavy (non-hydrogen) atoms. The van der Waals surface area contributed by atoms with Crippen molar-refractivity contribution in [2.45, 2.75) is 20.5 Å². The van der Waals surface area contributed by atoms with Gasteiger partial charge >= 0.3 is 0 Å². The maximum Gasteiger partial charge on any atom is 0.264 e. The van der Waals surface area contributed by atoms with Crippen LogP contribution in [-0.4, -0.2) is 10.1 Å².